The normalized spacial score (nSPS) is 16.3. The minimum atomic E-state index is -0.316. The van der Waals surface area contributed by atoms with Crippen LogP contribution < -0.4 is 25.3 Å². The molecule has 1 amide bonds. The zero-order chi connectivity index (χ0) is 32.8. The van der Waals surface area contributed by atoms with Crippen molar-refractivity contribution in [3.8, 4) is 17.6 Å². The van der Waals surface area contributed by atoms with E-state index in [4.69, 9.17) is 9.57 Å². The average Bonchev–Trinajstić information content (AvgIpc) is 3.59. The van der Waals surface area contributed by atoms with Gasteiger partial charge in [-0.25, -0.2) is 19.4 Å². The maximum absolute atomic E-state index is 13.6. The molecule has 3 heterocycles. The number of piperazine rings is 1. The van der Waals surface area contributed by atoms with Gasteiger partial charge in [-0.2, -0.15) is 0 Å². The van der Waals surface area contributed by atoms with E-state index in [1.165, 1.54) is 24.5 Å². The first kappa shape index (κ1) is 31.5. The summed E-state index contributed by atoms with van der Waals surface area (Å²) in [5.41, 5.74) is 4.58. The number of anilines is 5. The zero-order valence-electron chi connectivity index (χ0n) is 26.4. The lowest BCUT2D eigenvalue weighted by Gasteiger charge is -2.35. The number of ether oxygens (including phenoxy) is 1. The van der Waals surface area contributed by atoms with Gasteiger partial charge in [0.25, 0.3) is 0 Å². The molecule has 0 saturated carbocycles. The fraction of sp³-hybridized carbons (Fsp3) is 0.250. The highest BCUT2D eigenvalue weighted by Gasteiger charge is 2.29. The van der Waals surface area contributed by atoms with Crippen LogP contribution in [0, 0.1) is 17.7 Å². The number of hydroxylamine groups is 1. The van der Waals surface area contributed by atoms with Gasteiger partial charge in [-0.15, -0.1) is 0 Å². The molecule has 0 aliphatic carbocycles. The average molecular weight is 634 g/mol. The number of halogens is 1. The maximum atomic E-state index is 13.6. The first-order valence-electron chi connectivity index (χ1n) is 15.4. The van der Waals surface area contributed by atoms with E-state index in [0.29, 0.717) is 40.9 Å². The lowest BCUT2D eigenvalue weighted by Crippen LogP contribution is -2.44. The number of likely N-dealkylation sites (N-methyl/N-ethyl adjacent to an activating group) is 1. The fourth-order valence-corrected chi connectivity index (χ4v) is 5.63. The van der Waals surface area contributed by atoms with E-state index in [2.05, 4.69) is 55.9 Å². The smallest absolute Gasteiger partial charge is 0.247 e. The number of amides is 1. The lowest BCUT2D eigenvalue weighted by molar-refractivity contribution is -0.111. The third-order valence-corrected chi connectivity index (χ3v) is 8.10. The molecule has 1 aromatic heterocycles. The second-order valence-electron chi connectivity index (χ2n) is 11.3. The summed E-state index contributed by atoms with van der Waals surface area (Å²) in [6.07, 6.45) is 3.48. The van der Waals surface area contributed by atoms with Gasteiger partial charge in [-0.1, -0.05) is 36.6 Å². The number of carbonyl (C=O) groups is 1. The van der Waals surface area contributed by atoms with E-state index < -0.39 is 0 Å². The molecule has 2 fully saturated rings. The maximum Gasteiger partial charge on any atom is 0.247 e. The number of nitrogens with zero attached hydrogens (tertiary/aromatic N) is 5. The van der Waals surface area contributed by atoms with Crippen molar-refractivity contribution in [2.75, 3.05) is 67.5 Å². The van der Waals surface area contributed by atoms with Crippen LogP contribution in [0.4, 0.5) is 33.1 Å². The fourth-order valence-electron chi connectivity index (χ4n) is 5.63. The molecule has 1 atom stereocenters. The third kappa shape index (κ3) is 7.52. The van der Waals surface area contributed by atoms with Crippen LogP contribution in [-0.4, -0.2) is 67.7 Å². The predicted octanol–water partition coefficient (Wildman–Crippen LogP) is 5.53. The highest BCUT2D eigenvalue weighted by atomic mass is 19.1. The Balaban J connectivity index is 1.25. The molecular weight excluding hydrogens is 597 g/mol. The number of aromatic nitrogens is 2. The van der Waals surface area contributed by atoms with Crippen molar-refractivity contribution in [3.63, 3.8) is 0 Å². The Morgan fingerprint density at radius 3 is 2.53 bits per heavy atom. The molecule has 0 bridgehead atoms. The Morgan fingerprint density at radius 2 is 1.79 bits per heavy atom. The second-order valence-corrected chi connectivity index (χ2v) is 11.3. The number of hydrogen-bond acceptors (Lipinski definition) is 9. The number of methoxy groups -OCH3 is 1. The summed E-state index contributed by atoms with van der Waals surface area (Å²) in [7, 11) is 3.71. The standard InChI is InChI=1S/C36H36FN7O3/c1-4-36(45)41-29-21-30(33(46-3)22-32(29)43-16-14-42(2)15-17-43)40-34-23-35(39-24-38-34)44-31(13-18-47-44)27-9-5-7-25(19-27)11-12-26-8-6-10-28(37)20-26/h4-10,19-24,31H,1,13-18H2,2-3H3,(H,41,45)(H,38,39,40). The molecule has 1 unspecified atom stereocenters. The summed E-state index contributed by atoms with van der Waals surface area (Å²) in [4.78, 5) is 31.9. The van der Waals surface area contributed by atoms with Crippen LogP contribution in [0.1, 0.15) is 29.2 Å². The van der Waals surface area contributed by atoms with Crippen LogP contribution in [-0.2, 0) is 9.63 Å². The Labute approximate surface area is 273 Å². The summed E-state index contributed by atoms with van der Waals surface area (Å²) >= 11 is 0. The summed E-state index contributed by atoms with van der Waals surface area (Å²) < 4.78 is 19.4. The van der Waals surface area contributed by atoms with Gasteiger partial charge in [-0.3, -0.25) is 9.63 Å². The van der Waals surface area contributed by atoms with Crippen molar-refractivity contribution in [1.82, 2.24) is 14.9 Å². The van der Waals surface area contributed by atoms with Crippen molar-refractivity contribution in [2.24, 2.45) is 0 Å². The van der Waals surface area contributed by atoms with Crippen molar-refractivity contribution >= 4 is 34.6 Å². The first-order chi connectivity index (χ1) is 22.9. The second kappa shape index (κ2) is 14.3. The predicted molar refractivity (Wildman–Crippen MR) is 181 cm³/mol. The lowest BCUT2D eigenvalue weighted by atomic mass is 10.0. The Bertz CT molecular complexity index is 1830. The quantitative estimate of drug-likeness (QED) is 0.192. The topological polar surface area (TPSA) is 95.1 Å². The molecule has 2 aliphatic heterocycles. The number of carbonyl (C=O) groups excluding carboxylic acids is 1. The van der Waals surface area contributed by atoms with Crippen LogP contribution in [0.2, 0.25) is 0 Å². The van der Waals surface area contributed by atoms with Crippen LogP contribution in [0.3, 0.4) is 0 Å². The van der Waals surface area contributed by atoms with E-state index in [9.17, 15) is 9.18 Å². The van der Waals surface area contributed by atoms with E-state index >= 15 is 0 Å². The van der Waals surface area contributed by atoms with Crippen LogP contribution >= 0.6 is 0 Å². The molecule has 11 heteroatoms. The molecule has 3 aromatic carbocycles. The molecule has 2 N–H and O–H groups in total. The molecular formula is C36H36FN7O3. The minimum Gasteiger partial charge on any atom is -0.494 e. The van der Waals surface area contributed by atoms with Crippen LogP contribution in [0.25, 0.3) is 0 Å². The van der Waals surface area contributed by atoms with Gasteiger partial charge < -0.3 is 25.2 Å². The van der Waals surface area contributed by atoms with Crippen molar-refractivity contribution in [2.45, 2.75) is 12.5 Å². The van der Waals surface area contributed by atoms with Gasteiger partial charge in [0, 0.05) is 55.9 Å². The van der Waals surface area contributed by atoms with Crippen molar-refractivity contribution in [3.05, 3.63) is 108 Å². The molecule has 4 aromatic rings. The molecule has 240 valence electrons. The SMILES string of the molecule is C=CC(=O)Nc1cc(Nc2cc(N3OCCC3c3cccc(C#Cc4cccc(F)c4)c3)ncn2)c(OC)cc1N1CCN(C)CC1. The van der Waals surface area contributed by atoms with Gasteiger partial charge in [0.15, 0.2) is 5.82 Å². The zero-order valence-corrected chi connectivity index (χ0v) is 26.4. The molecule has 2 aliphatic rings. The van der Waals surface area contributed by atoms with Crippen LogP contribution in [0.15, 0.2) is 85.7 Å². The van der Waals surface area contributed by atoms with Gasteiger partial charge >= 0.3 is 0 Å². The minimum absolute atomic E-state index is 0.105. The van der Waals surface area contributed by atoms with Gasteiger partial charge in [-0.05, 0) is 55.1 Å². The molecule has 0 radical (unpaired) electrons. The third-order valence-electron chi connectivity index (χ3n) is 8.10. The van der Waals surface area contributed by atoms with Gasteiger partial charge in [0.1, 0.15) is 23.7 Å². The molecule has 6 rings (SSSR count). The summed E-state index contributed by atoms with van der Waals surface area (Å²) in [6.45, 7) is 7.59. The summed E-state index contributed by atoms with van der Waals surface area (Å²) in [5, 5.41) is 8.09. The van der Waals surface area contributed by atoms with E-state index in [1.807, 2.05) is 42.5 Å². The highest BCUT2D eigenvalue weighted by Crippen LogP contribution is 2.40. The summed E-state index contributed by atoms with van der Waals surface area (Å²) in [6, 6.07) is 19.7. The monoisotopic (exact) mass is 633 g/mol. The highest BCUT2D eigenvalue weighted by molar-refractivity contribution is 6.02. The van der Waals surface area contributed by atoms with Crippen LogP contribution in [0.5, 0.6) is 5.75 Å². The molecule has 47 heavy (non-hydrogen) atoms. The first-order valence-corrected chi connectivity index (χ1v) is 15.4. The Hall–Kier alpha value is -5.44. The van der Waals surface area contributed by atoms with Crippen molar-refractivity contribution in [1.29, 1.82) is 0 Å². The number of hydrogen-bond donors (Lipinski definition) is 2. The van der Waals surface area contributed by atoms with Gasteiger partial charge in [0.2, 0.25) is 5.91 Å². The number of nitrogens with one attached hydrogen (secondary N) is 2. The number of rotatable bonds is 8. The molecule has 10 nitrogen and oxygen atoms in total. The Kier molecular flexibility index (Phi) is 9.61. The van der Waals surface area contributed by atoms with Crippen molar-refractivity contribution < 1.29 is 18.8 Å². The largest absolute Gasteiger partial charge is 0.494 e. The molecule has 0 spiro atoms. The summed E-state index contributed by atoms with van der Waals surface area (Å²) in [5.74, 6) is 7.25. The van der Waals surface area contributed by atoms with Gasteiger partial charge in [0.05, 0.1) is 36.8 Å². The molecule has 2 saturated heterocycles. The van der Waals surface area contributed by atoms with E-state index in [-0.39, 0.29) is 17.8 Å². The number of benzene rings is 3. The van der Waals surface area contributed by atoms with E-state index in [1.54, 1.807) is 24.3 Å². The van der Waals surface area contributed by atoms with E-state index in [0.717, 1.165) is 49.4 Å². The Morgan fingerprint density at radius 1 is 1.02 bits per heavy atom.